The molecule has 7 heteroatoms. The summed E-state index contributed by atoms with van der Waals surface area (Å²) >= 11 is 0. The molecule has 6 nitrogen and oxygen atoms in total. The summed E-state index contributed by atoms with van der Waals surface area (Å²) in [6.45, 7) is 9.97. The zero-order chi connectivity index (χ0) is 18.5. The van der Waals surface area contributed by atoms with E-state index in [0.717, 1.165) is 26.1 Å². The van der Waals surface area contributed by atoms with E-state index in [1.54, 1.807) is 7.05 Å². The Labute approximate surface area is 175 Å². The van der Waals surface area contributed by atoms with Crippen molar-refractivity contribution in [2.45, 2.75) is 33.2 Å². The summed E-state index contributed by atoms with van der Waals surface area (Å²) in [7, 11) is 1.72. The van der Waals surface area contributed by atoms with Gasteiger partial charge in [-0.3, -0.25) is 14.7 Å². The third kappa shape index (κ3) is 8.84. The minimum Gasteiger partial charge on any atom is -0.355 e. The number of likely N-dealkylation sites (N-methyl/N-ethyl adjacent to an activating group) is 1. The predicted molar refractivity (Wildman–Crippen MR) is 120 cm³/mol. The van der Waals surface area contributed by atoms with Crippen LogP contribution in [-0.4, -0.2) is 56.5 Å². The topological polar surface area (TPSA) is 68.8 Å². The molecule has 0 radical (unpaired) electrons. The molecule has 0 aliphatic carbocycles. The number of carbonyl (C=O) groups excluding carboxylic acids is 1. The second kappa shape index (κ2) is 14.8. The summed E-state index contributed by atoms with van der Waals surface area (Å²) in [6, 6.07) is 10.7. The van der Waals surface area contributed by atoms with Crippen molar-refractivity contribution in [2.24, 2.45) is 4.99 Å². The van der Waals surface area contributed by atoms with Gasteiger partial charge in [0, 0.05) is 20.1 Å². The lowest BCUT2D eigenvalue weighted by Gasteiger charge is -2.30. The van der Waals surface area contributed by atoms with Gasteiger partial charge in [0.15, 0.2) is 5.96 Å². The van der Waals surface area contributed by atoms with Crippen LogP contribution in [0.1, 0.15) is 38.8 Å². The van der Waals surface area contributed by atoms with E-state index in [0.29, 0.717) is 12.5 Å². The van der Waals surface area contributed by atoms with Crippen LogP contribution in [-0.2, 0) is 4.79 Å². The first-order valence-corrected chi connectivity index (χ1v) is 9.16. The molecule has 1 unspecified atom stereocenters. The number of hydrogen-bond acceptors (Lipinski definition) is 3. The highest BCUT2D eigenvalue weighted by Crippen LogP contribution is 2.19. The molecule has 0 spiro atoms. The van der Waals surface area contributed by atoms with Crippen molar-refractivity contribution in [2.75, 3.05) is 39.8 Å². The van der Waals surface area contributed by atoms with Gasteiger partial charge in [0.25, 0.3) is 0 Å². The van der Waals surface area contributed by atoms with Crippen LogP contribution in [0, 0.1) is 0 Å². The fourth-order valence-electron chi connectivity index (χ4n) is 2.70. The van der Waals surface area contributed by atoms with E-state index < -0.39 is 0 Å². The molecule has 26 heavy (non-hydrogen) atoms. The van der Waals surface area contributed by atoms with Crippen molar-refractivity contribution >= 4 is 35.8 Å². The lowest BCUT2D eigenvalue weighted by atomic mass is 10.1. The van der Waals surface area contributed by atoms with Gasteiger partial charge in [0.1, 0.15) is 0 Å². The molecule has 1 amide bonds. The van der Waals surface area contributed by atoms with Gasteiger partial charge < -0.3 is 16.0 Å². The Morgan fingerprint density at radius 2 is 1.73 bits per heavy atom. The van der Waals surface area contributed by atoms with E-state index in [2.05, 4.69) is 64.0 Å². The highest BCUT2D eigenvalue weighted by Gasteiger charge is 2.18. The first kappa shape index (κ1) is 24.7. The Morgan fingerprint density at radius 3 is 2.27 bits per heavy atom. The lowest BCUT2D eigenvalue weighted by molar-refractivity contribution is -0.120. The van der Waals surface area contributed by atoms with Crippen molar-refractivity contribution in [3.05, 3.63) is 35.9 Å². The van der Waals surface area contributed by atoms with Gasteiger partial charge in [-0.25, -0.2) is 0 Å². The molecule has 0 aliphatic heterocycles. The van der Waals surface area contributed by atoms with Gasteiger partial charge in [-0.15, -0.1) is 24.0 Å². The Kier molecular flexibility index (Phi) is 14.0. The molecule has 1 aromatic rings. The van der Waals surface area contributed by atoms with Gasteiger partial charge in [-0.2, -0.15) is 0 Å². The quantitative estimate of drug-likeness (QED) is 0.276. The number of carbonyl (C=O) groups is 1. The van der Waals surface area contributed by atoms with Gasteiger partial charge in [-0.05, 0) is 25.1 Å². The van der Waals surface area contributed by atoms with Crippen LogP contribution < -0.4 is 16.0 Å². The first-order chi connectivity index (χ1) is 12.2. The van der Waals surface area contributed by atoms with Gasteiger partial charge in [-0.1, -0.05) is 51.1 Å². The molecule has 1 atom stereocenters. The maximum atomic E-state index is 11.7. The molecule has 0 saturated heterocycles. The zero-order valence-electron chi connectivity index (χ0n) is 16.4. The minimum absolute atomic E-state index is 0. The summed E-state index contributed by atoms with van der Waals surface area (Å²) in [5.74, 6) is 0.618. The fraction of sp³-hybridized carbons (Fsp3) is 0.579. The summed E-state index contributed by atoms with van der Waals surface area (Å²) < 4.78 is 0. The molecular weight excluding hydrogens is 441 g/mol. The van der Waals surface area contributed by atoms with Gasteiger partial charge in [0.2, 0.25) is 5.91 Å². The molecule has 0 aliphatic rings. The highest BCUT2D eigenvalue weighted by molar-refractivity contribution is 14.0. The van der Waals surface area contributed by atoms with Crippen molar-refractivity contribution < 1.29 is 4.79 Å². The van der Waals surface area contributed by atoms with Crippen molar-refractivity contribution in [3.8, 4) is 0 Å². The maximum absolute atomic E-state index is 11.7. The first-order valence-electron chi connectivity index (χ1n) is 9.16. The number of nitrogens with one attached hydrogen (secondary N) is 3. The Morgan fingerprint density at radius 1 is 1.08 bits per heavy atom. The second-order valence-corrected chi connectivity index (χ2v) is 5.80. The molecule has 0 bridgehead atoms. The summed E-state index contributed by atoms with van der Waals surface area (Å²) in [5.41, 5.74) is 1.27. The number of guanidine groups is 1. The average Bonchev–Trinajstić information content (AvgIpc) is 2.66. The van der Waals surface area contributed by atoms with Gasteiger partial charge in [0.05, 0.1) is 12.6 Å². The van der Waals surface area contributed by atoms with Gasteiger partial charge >= 0.3 is 0 Å². The van der Waals surface area contributed by atoms with Crippen molar-refractivity contribution in [3.63, 3.8) is 0 Å². The van der Waals surface area contributed by atoms with Crippen LogP contribution in [0.4, 0.5) is 0 Å². The van der Waals surface area contributed by atoms with E-state index in [-0.39, 0.29) is 42.5 Å². The van der Waals surface area contributed by atoms with E-state index >= 15 is 0 Å². The van der Waals surface area contributed by atoms with Crippen LogP contribution in [0.3, 0.4) is 0 Å². The number of nitrogens with zero attached hydrogens (tertiary/aromatic N) is 2. The van der Waals surface area contributed by atoms with Crippen LogP contribution in [0.25, 0.3) is 0 Å². The SMILES string of the molecule is CCCNC(=O)CNC(=NC)NCC(c1ccccc1)N(CC)CC.I. The number of amides is 1. The second-order valence-electron chi connectivity index (χ2n) is 5.80. The van der Waals surface area contributed by atoms with Crippen LogP contribution in [0.5, 0.6) is 0 Å². The smallest absolute Gasteiger partial charge is 0.239 e. The van der Waals surface area contributed by atoms with E-state index in [1.807, 2.05) is 13.0 Å². The summed E-state index contributed by atoms with van der Waals surface area (Å²) in [6.07, 6.45) is 0.932. The van der Waals surface area contributed by atoms with E-state index in [1.165, 1.54) is 5.56 Å². The molecule has 0 saturated carbocycles. The number of benzene rings is 1. The van der Waals surface area contributed by atoms with Crippen molar-refractivity contribution in [1.82, 2.24) is 20.9 Å². The highest BCUT2D eigenvalue weighted by atomic mass is 127. The molecule has 1 aromatic carbocycles. The molecule has 0 heterocycles. The summed E-state index contributed by atoms with van der Waals surface area (Å²) in [5, 5.41) is 9.26. The third-order valence-electron chi connectivity index (χ3n) is 4.11. The summed E-state index contributed by atoms with van der Waals surface area (Å²) in [4.78, 5) is 18.3. The third-order valence-corrected chi connectivity index (χ3v) is 4.11. The van der Waals surface area contributed by atoms with Crippen LogP contribution in [0.2, 0.25) is 0 Å². The number of rotatable bonds is 10. The molecule has 1 rings (SSSR count). The zero-order valence-corrected chi connectivity index (χ0v) is 18.7. The molecular formula is C19H34IN5O. The van der Waals surface area contributed by atoms with E-state index in [9.17, 15) is 4.79 Å². The molecule has 148 valence electrons. The Hall–Kier alpha value is -1.35. The Balaban J connectivity index is 0.00000625. The lowest BCUT2D eigenvalue weighted by Crippen LogP contribution is -2.46. The normalized spacial score (nSPS) is 12.3. The number of aliphatic imine (C=N–C) groups is 1. The largest absolute Gasteiger partial charge is 0.355 e. The average molecular weight is 475 g/mol. The van der Waals surface area contributed by atoms with Crippen LogP contribution >= 0.6 is 24.0 Å². The monoisotopic (exact) mass is 475 g/mol. The predicted octanol–water partition coefficient (Wildman–Crippen LogP) is 2.38. The molecule has 0 fully saturated rings. The maximum Gasteiger partial charge on any atom is 0.239 e. The molecule has 0 aromatic heterocycles. The number of hydrogen-bond donors (Lipinski definition) is 3. The standard InChI is InChI=1S/C19H33N5O.HI/c1-5-13-21-18(25)15-23-19(20-4)22-14-17(24(6-2)7-3)16-11-9-8-10-12-16;/h8-12,17H,5-7,13-15H2,1-4H3,(H,21,25)(H2,20,22,23);1H. The Bertz CT molecular complexity index is 520. The molecule has 3 N–H and O–H groups in total. The van der Waals surface area contributed by atoms with E-state index in [4.69, 9.17) is 0 Å². The number of halogens is 1. The minimum atomic E-state index is -0.0202. The van der Waals surface area contributed by atoms with Crippen molar-refractivity contribution in [1.29, 1.82) is 0 Å². The van der Waals surface area contributed by atoms with Crippen LogP contribution in [0.15, 0.2) is 35.3 Å². The fourth-order valence-corrected chi connectivity index (χ4v) is 2.70.